The third kappa shape index (κ3) is 1.72. The van der Waals surface area contributed by atoms with Crippen LogP contribution in [0.25, 0.3) is 0 Å². The van der Waals surface area contributed by atoms with Crippen LogP contribution in [0.4, 0.5) is 0 Å². The van der Waals surface area contributed by atoms with Crippen LogP contribution in [0.5, 0.6) is 0 Å². The summed E-state index contributed by atoms with van der Waals surface area (Å²) in [6, 6.07) is 3.95. The van der Waals surface area contributed by atoms with Crippen molar-refractivity contribution in [1.29, 1.82) is 0 Å². The Hall–Kier alpha value is -0.800. The Labute approximate surface area is 108 Å². The van der Waals surface area contributed by atoms with Crippen LogP contribution in [0, 0.1) is 11.8 Å². The summed E-state index contributed by atoms with van der Waals surface area (Å²) in [7, 11) is 0. The first-order chi connectivity index (χ1) is 8.65. The fourth-order valence-electron chi connectivity index (χ4n) is 5.11. The van der Waals surface area contributed by atoms with Crippen LogP contribution in [-0.4, -0.2) is 16.2 Å². The molecule has 0 aliphatic heterocycles. The largest absolute Gasteiger partial charge is 0.468 e. The molecule has 0 spiro atoms. The van der Waals surface area contributed by atoms with Crippen molar-refractivity contribution in [2.45, 2.75) is 56.2 Å². The van der Waals surface area contributed by atoms with E-state index in [0.717, 1.165) is 43.4 Å². The Morgan fingerprint density at radius 3 is 2.67 bits per heavy atom. The molecule has 4 bridgehead atoms. The monoisotopic (exact) mass is 247 g/mol. The maximum Gasteiger partial charge on any atom is 0.117 e. The highest BCUT2D eigenvalue weighted by Gasteiger charge is 2.56. The molecular weight excluding hydrogens is 226 g/mol. The summed E-state index contributed by atoms with van der Waals surface area (Å²) in [5.41, 5.74) is -0.203. The highest BCUT2D eigenvalue weighted by molar-refractivity contribution is 5.13. The van der Waals surface area contributed by atoms with Gasteiger partial charge in [0.1, 0.15) is 5.76 Å². The van der Waals surface area contributed by atoms with Gasteiger partial charge in [0.2, 0.25) is 0 Å². The van der Waals surface area contributed by atoms with Crippen molar-refractivity contribution in [3.8, 4) is 0 Å². The lowest BCUT2D eigenvalue weighted by Gasteiger charge is -2.60. The van der Waals surface area contributed by atoms with Crippen molar-refractivity contribution in [3.63, 3.8) is 0 Å². The summed E-state index contributed by atoms with van der Waals surface area (Å²) < 4.78 is 5.40. The summed E-state index contributed by atoms with van der Waals surface area (Å²) in [4.78, 5) is 0. The van der Waals surface area contributed by atoms with E-state index >= 15 is 0 Å². The highest BCUT2D eigenvalue weighted by Crippen LogP contribution is 2.57. The molecule has 0 unspecified atom stereocenters. The van der Waals surface area contributed by atoms with Crippen LogP contribution in [0.1, 0.15) is 44.3 Å². The van der Waals surface area contributed by atoms with Crippen LogP contribution in [0.15, 0.2) is 22.8 Å². The molecule has 0 amide bonds. The van der Waals surface area contributed by atoms with Crippen molar-refractivity contribution in [2.75, 3.05) is 0 Å². The molecule has 1 heterocycles. The summed E-state index contributed by atoms with van der Waals surface area (Å²) in [5, 5.41) is 14.4. The maximum atomic E-state index is 10.7. The van der Waals surface area contributed by atoms with Crippen molar-refractivity contribution >= 4 is 0 Å². The first-order valence-electron chi connectivity index (χ1n) is 7.15. The molecule has 0 saturated heterocycles. The number of hydrogen-bond donors (Lipinski definition) is 2. The third-order valence-electron chi connectivity index (χ3n) is 5.25. The second-order valence-corrected chi connectivity index (χ2v) is 6.90. The van der Waals surface area contributed by atoms with E-state index in [1.165, 1.54) is 19.3 Å². The first-order valence-corrected chi connectivity index (χ1v) is 7.15. The molecule has 4 aliphatic rings. The third-order valence-corrected chi connectivity index (χ3v) is 5.25. The Morgan fingerprint density at radius 2 is 2.06 bits per heavy atom. The predicted octanol–water partition coefficient (Wildman–Crippen LogP) is 2.45. The molecule has 2 N–H and O–H groups in total. The number of nitrogens with one attached hydrogen (secondary N) is 1. The number of hydrogen-bond acceptors (Lipinski definition) is 3. The molecule has 4 fully saturated rings. The van der Waals surface area contributed by atoms with E-state index in [0.29, 0.717) is 0 Å². The van der Waals surface area contributed by atoms with Crippen LogP contribution >= 0.6 is 0 Å². The van der Waals surface area contributed by atoms with E-state index in [1.54, 1.807) is 6.26 Å². The Morgan fingerprint density at radius 1 is 1.28 bits per heavy atom. The number of aliphatic hydroxyl groups is 1. The quantitative estimate of drug-likeness (QED) is 0.862. The summed E-state index contributed by atoms with van der Waals surface area (Å²) in [6.07, 6.45) is 8.56. The van der Waals surface area contributed by atoms with E-state index in [1.807, 2.05) is 12.1 Å². The lowest BCUT2D eigenvalue weighted by molar-refractivity contribution is -0.143. The summed E-state index contributed by atoms with van der Waals surface area (Å²) in [5.74, 6) is 2.47. The Bertz CT molecular complexity index is 425. The van der Waals surface area contributed by atoms with Gasteiger partial charge in [-0.05, 0) is 62.5 Å². The van der Waals surface area contributed by atoms with Crippen LogP contribution in [0.3, 0.4) is 0 Å². The SMILES string of the molecule is OC12C[C@H]3C[C@H](C1)CC(NCc1ccco1)(C3)C2. The maximum absolute atomic E-state index is 10.7. The van der Waals surface area contributed by atoms with Gasteiger partial charge in [0.05, 0.1) is 18.4 Å². The molecule has 2 atom stereocenters. The Kier molecular flexibility index (Phi) is 2.22. The van der Waals surface area contributed by atoms with Gasteiger partial charge in [-0.15, -0.1) is 0 Å². The van der Waals surface area contributed by atoms with Crippen molar-refractivity contribution < 1.29 is 9.52 Å². The zero-order chi connectivity index (χ0) is 12.2. The minimum atomic E-state index is -0.375. The average Bonchev–Trinajstić information content (AvgIpc) is 2.75. The zero-order valence-electron chi connectivity index (χ0n) is 10.7. The summed E-state index contributed by atoms with van der Waals surface area (Å²) >= 11 is 0. The Balaban J connectivity index is 1.53. The van der Waals surface area contributed by atoms with Crippen molar-refractivity contribution in [2.24, 2.45) is 11.8 Å². The van der Waals surface area contributed by atoms with Gasteiger partial charge < -0.3 is 14.8 Å². The fraction of sp³-hybridized carbons (Fsp3) is 0.733. The van der Waals surface area contributed by atoms with Gasteiger partial charge in [-0.3, -0.25) is 0 Å². The molecule has 0 radical (unpaired) electrons. The van der Waals surface area contributed by atoms with Gasteiger partial charge in [0.15, 0.2) is 0 Å². The fourth-order valence-corrected chi connectivity index (χ4v) is 5.11. The number of rotatable bonds is 3. The minimum absolute atomic E-state index is 0.172. The topological polar surface area (TPSA) is 45.4 Å². The van der Waals surface area contributed by atoms with Gasteiger partial charge in [0, 0.05) is 5.54 Å². The van der Waals surface area contributed by atoms with Gasteiger partial charge in [0.25, 0.3) is 0 Å². The van der Waals surface area contributed by atoms with Gasteiger partial charge in [-0.25, -0.2) is 0 Å². The lowest BCUT2D eigenvalue weighted by Crippen LogP contribution is -2.64. The average molecular weight is 247 g/mol. The molecular formula is C15H21NO2. The number of furan rings is 1. The standard InChI is InChI=1S/C15H21NO2/c17-15-7-11-4-12(8-15)6-14(5-11,10-15)16-9-13-2-1-3-18-13/h1-3,11-12,16-17H,4-10H2/t11-,12-,14?,15?/m0/s1. The molecule has 4 saturated carbocycles. The highest BCUT2D eigenvalue weighted by atomic mass is 16.3. The van der Waals surface area contributed by atoms with Gasteiger partial charge >= 0.3 is 0 Å². The van der Waals surface area contributed by atoms with Crippen LogP contribution in [0.2, 0.25) is 0 Å². The van der Waals surface area contributed by atoms with Gasteiger partial charge in [-0.1, -0.05) is 0 Å². The zero-order valence-corrected chi connectivity index (χ0v) is 10.7. The second kappa shape index (κ2) is 3.61. The normalized spacial score (nSPS) is 45.6. The van der Waals surface area contributed by atoms with Crippen molar-refractivity contribution in [3.05, 3.63) is 24.2 Å². The molecule has 1 aromatic heterocycles. The predicted molar refractivity (Wildman–Crippen MR) is 67.9 cm³/mol. The minimum Gasteiger partial charge on any atom is -0.468 e. The first kappa shape index (κ1) is 11.1. The second-order valence-electron chi connectivity index (χ2n) is 6.90. The molecule has 18 heavy (non-hydrogen) atoms. The van der Waals surface area contributed by atoms with E-state index < -0.39 is 0 Å². The lowest BCUT2D eigenvalue weighted by atomic mass is 9.51. The van der Waals surface area contributed by atoms with E-state index in [4.69, 9.17) is 4.42 Å². The molecule has 4 aliphatic carbocycles. The smallest absolute Gasteiger partial charge is 0.117 e. The van der Waals surface area contributed by atoms with Crippen molar-refractivity contribution in [1.82, 2.24) is 5.32 Å². The van der Waals surface area contributed by atoms with E-state index in [2.05, 4.69) is 5.32 Å². The van der Waals surface area contributed by atoms with E-state index in [9.17, 15) is 5.11 Å². The van der Waals surface area contributed by atoms with Gasteiger partial charge in [-0.2, -0.15) is 0 Å². The molecule has 3 heteroatoms. The van der Waals surface area contributed by atoms with E-state index in [-0.39, 0.29) is 11.1 Å². The molecule has 0 aromatic carbocycles. The molecule has 3 nitrogen and oxygen atoms in total. The summed E-state index contributed by atoms with van der Waals surface area (Å²) in [6.45, 7) is 0.794. The van der Waals surface area contributed by atoms with Crippen LogP contribution in [-0.2, 0) is 6.54 Å². The molecule has 98 valence electrons. The molecule has 5 rings (SSSR count). The molecule has 1 aromatic rings. The van der Waals surface area contributed by atoms with Crippen LogP contribution < -0.4 is 5.32 Å².